The molecule has 0 saturated heterocycles. The number of ketones is 1. The molecule has 2 N–H and O–H groups in total. The molecule has 8 heteroatoms. The Labute approximate surface area is 197 Å². The van der Waals surface area contributed by atoms with Crippen LogP contribution >= 0.6 is 0 Å². The van der Waals surface area contributed by atoms with Gasteiger partial charge >= 0.3 is 6.18 Å². The van der Waals surface area contributed by atoms with Gasteiger partial charge in [-0.3, -0.25) is 9.59 Å². The van der Waals surface area contributed by atoms with Gasteiger partial charge in [-0.05, 0) is 82.6 Å². The lowest BCUT2D eigenvalue weighted by atomic mass is 9.89. The van der Waals surface area contributed by atoms with Crippen molar-refractivity contribution in [2.24, 2.45) is 0 Å². The third kappa shape index (κ3) is 4.87. The molecule has 0 atom stereocenters. The van der Waals surface area contributed by atoms with E-state index in [2.05, 4.69) is 29.6 Å². The fourth-order valence-electron chi connectivity index (χ4n) is 4.70. The van der Waals surface area contributed by atoms with Gasteiger partial charge in [-0.1, -0.05) is 12.1 Å². The van der Waals surface area contributed by atoms with Crippen LogP contribution in [0.1, 0.15) is 59.7 Å². The van der Waals surface area contributed by atoms with Crippen LogP contribution in [0.2, 0.25) is 0 Å². The number of anilines is 1. The number of fused-ring (bicyclic) bond motifs is 1. The normalized spacial score (nSPS) is 21.8. The summed E-state index contributed by atoms with van der Waals surface area (Å²) < 4.78 is 39.4. The maximum absolute atomic E-state index is 13.1. The predicted octanol–water partition coefficient (Wildman–Crippen LogP) is 5.19. The molecule has 34 heavy (non-hydrogen) atoms. The number of hydrogen-bond donors (Lipinski definition) is 2. The number of amides is 1. The zero-order chi connectivity index (χ0) is 24.6. The van der Waals surface area contributed by atoms with E-state index < -0.39 is 11.7 Å². The summed E-state index contributed by atoms with van der Waals surface area (Å²) in [4.78, 5) is 27.2. The molecule has 1 amide bonds. The second-order valence-corrected chi connectivity index (χ2v) is 9.21. The van der Waals surface area contributed by atoms with Crippen LogP contribution in [0.15, 0.2) is 42.5 Å². The molecular weight excluding hydrogens is 443 g/mol. The lowest BCUT2D eigenvalue weighted by Gasteiger charge is -2.34. The van der Waals surface area contributed by atoms with Gasteiger partial charge in [-0.15, -0.1) is 0 Å². The predicted molar refractivity (Wildman–Crippen MR) is 126 cm³/mol. The highest BCUT2D eigenvalue weighted by atomic mass is 19.4. The fraction of sp³-hybridized carbons (Fsp3) is 0.385. The van der Waals surface area contributed by atoms with Crippen molar-refractivity contribution in [1.29, 1.82) is 0 Å². The SMILES string of the molecule is CC(=O)c1ccc2c(c1)C(=C(NC1CCC(N(C)C)CC1)c1ccc(C(F)(F)F)cc1)C(=O)N2. The third-order valence-corrected chi connectivity index (χ3v) is 6.70. The van der Waals surface area contributed by atoms with Gasteiger partial charge in [0.05, 0.1) is 16.8 Å². The Kier molecular flexibility index (Phi) is 6.53. The number of carbonyl (C=O) groups excluding carboxylic acids is 2. The molecule has 0 unspecified atom stereocenters. The summed E-state index contributed by atoms with van der Waals surface area (Å²) in [6.45, 7) is 1.45. The standard InChI is InChI=1S/C26H28F3N3O2/c1-15(33)17-6-13-22-21(14-17)23(25(34)31-22)24(16-4-7-18(8-5-16)26(27,28)29)30-19-9-11-20(12-10-19)32(2)3/h4-8,13-14,19-20,30H,9-12H2,1-3H3,(H,31,34). The number of rotatable bonds is 5. The van der Waals surface area contributed by atoms with Gasteiger partial charge in [0.15, 0.2) is 5.78 Å². The molecule has 1 heterocycles. The zero-order valence-corrected chi connectivity index (χ0v) is 19.4. The summed E-state index contributed by atoms with van der Waals surface area (Å²) in [5.41, 5.74) is 2.18. The minimum atomic E-state index is -4.45. The van der Waals surface area contributed by atoms with Crippen LogP contribution in [0.3, 0.4) is 0 Å². The number of nitrogens with zero attached hydrogens (tertiary/aromatic N) is 1. The van der Waals surface area contributed by atoms with Gasteiger partial charge in [-0.2, -0.15) is 13.2 Å². The first-order valence-corrected chi connectivity index (χ1v) is 11.4. The zero-order valence-electron chi connectivity index (χ0n) is 19.4. The molecule has 2 aromatic carbocycles. The van der Waals surface area contributed by atoms with Gasteiger partial charge < -0.3 is 15.5 Å². The molecule has 1 saturated carbocycles. The van der Waals surface area contributed by atoms with Crippen LogP contribution in [-0.4, -0.2) is 42.8 Å². The monoisotopic (exact) mass is 471 g/mol. The first-order chi connectivity index (χ1) is 16.0. The summed E-state index contributed by atoms with van der Waals surface area (Å²) in [5, 5.41) is 6.31. The Bertz CT molecular complexity index is 1130. The Morgan fingerprint density at radius 3 is 2.18 bits per heavy atom. The first-order valence-electron chi connectivity index (χ1n) is 11.4. The van der Waals surface area contributed by atoms with Crippen LogP contribution < -0.4 is 10.6 Å². The highest BCUT2D eigenvalue weighted by Gasteiger charge is 2.33. The average molecular weight is 472 g/mol. The third-order valence-electron chi connectivity index (χ3n) is 6.70. The van der Waals surface area contributed by atoms with Crippen molar-refractivity contribution in [3.8, 4) is 0 Å². The van der Waals surface area contributed by atoms with Crippen LogP contribution in [0.25, 0.3) is 11.3 Å². The Morgan fingerprint density at radius 2 is 1.62 bits per heavy atom. The Balaban J connectivity index is 1.77. The van der Waals surface area contributed by atoms with Crippen molar-refractivity contribution in [3.63, 3.8) is 0 Å². The van der Waals surface area contributed by atoms with E-state index in [1.165, 1.54) is 19.1 Å². The number of Topliss-reactive ketones (excluding diaryl/α,β-unsaturated/α-hetero) is 1. The van der Waals surface area contributed by atoms with E-state index in [4.69, 9.17) is 0 Å². The largest absolute Gasteiger partial charge is 0.416 e. The molecule has 1 fully saturated rings. The fourth-order valence-corrected chi connectivity index (χ4v) is 4.70. The molecule has 4 rings (SSSR count). The van der Waals surface area contributed by atoms with E-state index >= 15 is 0 Å². The van der Waals surface area contributed by atoms with Crippen LogP contribution in [0, 0.1) is 0 Å². The molecule has 2 aliphatic rings. The number of halogens is 3. The summed E-state index contributed by atoms with van der Waals surface area (Å²) >= 11 is 0. The van der Waals surface area contributed by atoms with E-state index in [0.29, 0.717) is 39.7 Å². The lowest BCUT2D eigenvalue weighted by Crippen LogP contribution is -2.39. The highest BCUT2D eigenvalue weighted by molar-refractivity contribution is 6.36. The van der Waals surface area contributed by atoms with E-state index in [0.717, 1.165) is 37.8 Å². The molecule has 1 aliphatic heterocycles. The van der Waals surface area contributed by atoms with E-state index in [-0.39, 0.29) is 17.7 Å². The molecule has 0 bridgehead atoms. The smallest absolute Gasteiger partial charge is 0.381 e. The van der Waals surface area contributed by atoms with E-state index in [1.54, 1.807) is 18.2 Å². The molecule has 180 valence electrons. The molecule has 0 aromatic heterocycles. The van der Waals surface area contributed by atoms with Crippen molar-refractivity contribution in [2.75, 3.05) is 19.4 Å². The summed E-state index contributed by atoms with van der Waals surface area (Å²) in [6, 6.07) is 10.4. The van der Waals surface area contributed by atoms with Gasteiger partial charge in [0.2, 0.25) is 0 Å². The summed E-state index contributed by atoms with van der Waals surface area (Å²) in [5.74, 6) is -0.479. The van der Waals surface area contributed by atoms with Crippen LogP contribution in [0.5, 0.6) is 0 Å². The summed E-state index contributed by atoms with van der Waals surface area (Å²) in [6.07, 6.45) is -0.725. The van der Waals surface area contributed by atoms with Crippen LogP contribution in [-0.2, 0) is 11.0 Å². The number of benzene rings is 2. The van der Waals surface area contributed by atoms with Crippen LogP contribution in [0.4, 0.5) is 18.9 Å². The van der Waals surface area contributed by atoms with Crippen molar-refractivity contribution >= 4 is 28.6 Å². The van der Waals surface area contributed by atoms with Crippen molar-refractivity contribution in [2.45, 2.75) is 50.9 Å². The van der Waals surface area contributed by atoms with Crippen molar-refractivity contribution in [1.82, 2.24) is 10.2 Å². The molecule has 0 radical (unpaired) electrons. The number of alkyl halides is 3. The molecule has 0 spiro atoms. The van der Waals surface area contributed by atoms with Crippen molar-refractivity contribution < 1.29 is 22.8 Å². The maximum atomic E-state index is 13.1. The molecular formula is C26H28F3N3O2. The minimum absolute atomic E-state index is 0.0776. The van der Waals surface area contributed by atoms with E-state index in [1.807, 2.05) is 0 Å². The quantitative estimate of drug-likeness (QED) is 0.465. The average Bonchev–Trinajstić information content (AvgIpc) is 3.12. The summed E-state index contributed by atoms with van der Waals surface area (Å²) in [7, 11) is 4.11. The molecule has 2 aromatic rings. The number of hydrogen-bond acceptors (Lipinski definition) is 4. The minimum Gasteiger partial charge on any atom is -0.381 e. The molecule has 5 nitrogen and oxygen atoms in total. The molecule has 1 aliphatic carbocycles. The first kappa shape index (κ1) is 24.0. The van der Waals surface area contributed by atoms with Crippen molar-refractivity contribution in [3.05, 3.63) is 64.7 Å². The second-order valence-electron chi connectivity index (χ2n) is 9.21. The Hall–Kier alpha value is -3.13. The maximum Gasteiger partial charge on any atom is 0.416 e. The van der Waals surface area contributed by atoms with Gasteiger partial charge in [0.25, 0.3) is 5.91 Å². The highest BCUT2D eigenvalue weighted by Crippen LogP contribution is 2.38. The number of carbonyl (C=O) groups is 2. The topological polar surface area (TPSA) is 61.4 Å². The van der Waals surface area contributed by atoms with Gasteiger partial charge in [0, 0.05) is 28.9 Å². The number of nitrogens with one attached hydrogen (secondary N) is 2. The second kappa shape index (κ2) is 9.25. The van der Waals surface area contributed by atoms with E-state index in [9.17, 15) is 22.8 Å². The van der Waals surface area contributed by atoms with Gasteiger partial charge in [0.1, 0.15) is 0 Å². The van der Waals surface area contributed by atoms with Gasteiger partial charge in [-0.25, -0.2) is 0 Å². The Morgan fingerprint density at radius 1 is 1.00 bits per heavy atom. The lowest BCUT2D eigenvalue weighted by molar-refractivity contribution is -0.137.